The molecule has 0 bridgehead atoms. The number of likely N-dealkylation sites (N-methyl/N-ethyl adjacent to an activating group) is 1. The first kappa shape index (κ1) is 15.9. The second kappa shape index (κ2) is 6.50. The molecule has 1 fully saturated rings. The molecule has 114 valence electrons. The molecule has 1 aromatic rings. The lowest BCUT2D eigenvalue weighted by molar-refractivity contribution is 0.160. The molecule has 1 aromatic heterocycles. The van der Waals surface area contributed by atoms with Gasteiger partial charge in [0, 0.05) is 7.05 Å². The summed E-state index contributed by atoms with van der Waals surface area (Å²) in [5, 5.41) is 9.36. The van der Waals surface area contributed by atoms with Crippen molar-refractivity contribution in [2.24, 2.45) is 5.73 Å². The summed E-state index contributed by atoms with van der Waals surface area (Å²) in [5.41, 5.74) is 6.20. The molecule has 1 heterocycles. The van der Waals surface area contributed by atoms with E-state index in [1.807, 2.05) is 6.07 Å². The minimum atomic E-state index is -0.858. The van der Waals surface area contributed by atoms with E-state index in [1.165, 1.54) is 0 Å². The molecule has 0 atom stereocenters. The van der Waals surface area contributed by atoms with Crippen molar-refractivity contribution in [2.45, 2.75) is 18.8 Å². The fourth-order valence-electron chi connectivity index (χ4n) is 2.19. The second-order valence-electron chi connectivity index (χ2n) is 4.95. The van der Waals surface area contributed by atoms with Crippen LogP contribution in [0.15, 0.2) is 0 Å². The van der Waals surface area contributed by atoms with Crippen LogP contribution >= 0.6 is 11.6 Å². The minimum Gasteiger partial charge on any atom is -0.448 e. The van der Waals surface area contributed by atoms with Gasteiger partial charge < -0.3 is 15.4 Å². The summed E-state index contributed by atoms with van der Waals surface area (Å²) < 4.78 is 4.68. The number of anilines is 1. The largest absolute Gasteiger partial charge is 0.448 e. The molecule has 1 amide bonds. The normalized spacial score (nSPS) is 13.1. The number of carbonyl (C=O) groups excluding carboxylic acids is 1. The average molecular weight is 320 g/mol. The Labute approximate surface area is 133 Å². The van der Waals surface area contributed by atoms with Crippen LogP contribution in [0.5, 0.6) is 0 Å². The monoisotopic (exact) mass is 319 g/mol. The third-order valence-electron chi connectivity index (χ3n) is 3.39. The van der Waals surface area contributed by atoms with Gasteiger partial charge >= 0.3 is 6.09 Å². The van der Waals surface area contributed by atoms with Gasteiger partial charge in [-0.3, -0.25) is 0 Å². The fraction of sp³-hybridized carbons (Fsp3) is 0.429. The second-order valence-corrected chi connectivity index (χ2v) is 5.31. The maximum absolute atomic E-state index is 10.6. The number of nitrogens with zero attached hydrogens (tertiary/aromatic N) is 4. The zero-order chi connectivity index (χ0) is 16.3. The van der Waals surface area contributed by atoms with Gasteiger partial charge in [-0.1, -0.05) is 11.6 Å². The number of hydrogen-bond donors (Lipinski definition) is 1. The predicted octanol–water partition coefficient (Wildman–Crippen LogP) is 2.57. The smallest absolute Gasteiger partial charge is 0.404 e. The van der Waals surface area contributed by atoms with Gasteiger partial charge in [0.1, 0.15) is 23.6 Å². The number of nitriles is 1. The van der Waals surface area contributed by atoms with E-state index in [2.05, 4.69) is 14.6 Å². The van der Waals surface area contributed by atoms with Crippen molar-refractivity contribution in [2.75, 3.05) is 25.1 Å². The number of halogens is 1. The van der Waals surface area contributed by atoms with Gasteiger partial charge in [0.05, 0.1) is 18.7 Å². The van der Waals surface area contributed by atoms with Crippen LogP contribution in [0.4, 0.5) is 16.3 Å². The van der Waals surface area contributed by atoms with Gasteiger partial charge in [-0.05, 0) is 24.3 Å². The highest BCUT2D eigenvalue weighted by molar-refractivity contribution is 6.31. The van der Waals surface area contributed by atoms with Crippen LogP contribution in [-0.2, 0) is 4.74 Å². The van der Waals surface area contributed by atoms with Crippen LogP contribution in [0.25, 0.3) is 4.85 Å². The summed E-state index contributed by atoms with van der Waals surface area (Å²) >= 11 is 6.10. The number of nitrogens with two attached hydrogens (primary N) is 1. The van der Waals surface area contributed by atoms with E-state index in [0.717, 1.165) is 12.8 Å². The molecule has 1 saturated carbocycles. The van der Waals surface area contributed by atoms with E-state index < -0.39 is 6.09 Å². The highest BCUT2D eigenvalue weighted by Gasteiger charge is 2.33. The first-order chi connectivity index (χ1) is 10.5. The summed E-state index contributed by atoms with van der Waals surface area (Å²) in [7, 11) is 1.71. The quantitative estimate of drug-likeness (QED) is 0.664. The van der Waals surface area contributed by atoms with E-state index in [1.54, 1.807) is 11.9 Å². The van der Waals surface area contributed by atoms with Crippen molar-refractivity contribution < 1.29 is 9.53 Å². The number of hydrogen-bond acceptors (Lipinski definition) is 5. The highest BCUT2D eigenvalue weighted by Crippen LogP contribution is 2.49. The Morgan fingerprint density at radius 3 is 2.86 bits per heavy atom. The summed E-state index contributed by atoms with van der Waals surface area (Å²) in [4.78, 5) is 20.0. The van der Waals surface area contributed by atoms with Crippen molar-refractivity contribution in [3.05, 3.63) is 27.7 Å². The van der Waals surface area contributed by atoms with Crippen LogP contribution in [0.2, 0.25) is 5.15 Å². The zero-order valence-electron chi connectivity index (χ0n) is 12.0. The Balaban J connectivity index is 2.37. The molecule has 8 heteroatoms. The van der Waals surface area contributed by atoms with Crippen molar-refractivity contribution >= 4 is 29.2 Å². The molecular weight excluding hydrogens is 306 g/mol. The minimum absolute atomic E-state index is 0.0708. The van der Waals surface area contributed by atoms with Gasteiger partial charge in [0.15, 0.2) is 0 Å². The zero-order valence-corrected chi connectivity index (χ0v) is 12.7. The fourth-order valence-corrected chi connectivity index (χ4v) is 2.42. The third kappa shape index (κ3) is 3.21. The topological polar surface area (TPSA) is 96.6 Å². The Kier molecular flexibility index (Phi) is 4.69. The Bertz CT molecular complexity index is 688. The third-order valence-corrected chi connectivity index (χ3v) is 3.66. The van der Waals surface area contributed by atoms with Gasteiger partial charge in [-0.15, -0.1) is 0 Å². The lowest BCUT2D eigenvalue weighted by Gasteiger charge is -2.21. The summed E-state index contributed by atoms with van der Waals surface area (Å²) in [6.45, 7) is 7.81. The van der Waals surface area contributed by atoms with E-state index in [9.17, 15) is 10.1 Å². The first-order valence-electron chi connectivity index (χ1n) is 6.63. The van der Waals surface area contributed by atoms with Gasteiger partial charge in [-0.2, -0.15) is 5.26 Å². The summed E-state index contributed by atoms with van der Waals surface area (Å²) in [5.74, 6) is 0.572. The number of carbonyl (C=O) groups is 1. The maximum Gasteiger partial charge on any atom is 0.404 e. The van der Waals surface area contributed by atoms with E-state index in [4.69, 9.17) is 23.9 Å². The van der Waals surface area contributed by atoms with Crippen molar-refractivity contribution in [3.8, 4) is 6.07 Å². The van der Waals surface area contributed by atoms with Crippen LogP contribution in [-0.4, -0.2) is 31.3 Å². The molecule has 1 aliphatic rings. The molecule has 0 spiro atoms. The Morgan fingerprint density at radius 2 is 2.36 bits per heavy atom. The number of primary amides is 1. The molecule has 1 aliphatic carbocycles. The maximum atomic E-state index is 10.6. The molecular formula is C14H14ClN5O2. The summed E-state index contributed by atoms with van der Waals surface area (Å²) in [6, 6.07) is 2.04. The van der Waals surface area contributed by atoms with Gasteiger partial charge in [0.2, 0.25) is 5.69 Å². The van der Waals surface area contributed by atoms with E-state index >= 15 is 0 Å². The molecule has 2 N–H and O–H groups in total. The molecule has 0 aliphatic heterocycles. The number of rotatable bonds is 5. The number of pyridine rings is 1. The highest BCUT2D eigenvalue weighted by atomic mass is 35.5. The molecule has 7 nitrogen and oxygen atoms in total. The average Bonchev–Trinajstić information content (AvgIpc) is 3.29. The molecule has 0 aromatic carbocycles. The standard InChI is InChI=1S/C14H14ClN5O2/c1-18-11-10(8-3-4-8)9(7-16)12(15)19-13(11)20(2)5-6-22-14(17)21/h8H,3-6H2,2H3,(H2,17,21). The predicted molar refractivity (Wildman–Crippen MR) is 81.0 cm³/mol. The molecule has 0 saturated heterocycles. The van der Waals surface area contributed by atoms with E-state index in [-0.39, 0.29) is 23.2 Å². The molecule has 2 rings (SSSR count). The van der Waals surface area contributed by atoms with Gasteiger partial charge in [0.25, 0.3) is 0 Å². The summed E-state index contributed by atoms with van der Waals surface area (Å²) in [6.07, 6.45) is 1.01. The Hall–Kier alpha value is -2.51. The lowest BCUT2D eigenvalue weighted by Crippen LogP contribution is -2.26. The van der Waals surface area contributed by atoms with E-state index in [0.29, 0.717) is 23.6 Å². The molecule has 0 unspecified atom stereocenters. The van der Waals surface area contributed by atoms with Crippen molar-refractivity contribution in [1.29, 1.82) is 5.26 Å². The SMILES string of the molecule is [C-]#[N+]c1c(N(C)CCOC(N)=O)nc(Cl)c(C#N)c1C1CC1. The number of amides is 1. The molecule has 22 heavy (non-hydrogen) atoms. The van der Waals surface area contributed by atoms with Crippen molar-refractivity contribution in [1.82, 2.24) is 4.98 Å². The number of ether oxygens (including phenoxy) is 1. The first-order valence-corrected chi connectivity index (χ1v) is 7.01. The molecule has 0 radical (unpaired) electrons. The van der Waals surface area contributed by atoms with Crippen LogP contribution < -0.4 is 10.6 Å². The van der Waals surface area contributed by atoms with Crippen LogP contribution in [0.3, 0.4) is 0 Å². The van der Waals surface area contributed by atoms with Crippen LogP contribution in [0.1, 0.15) is 29.9 Å². The van der Waals surface area contributed by atoms with Gasteiger partial charge in [-0.25, -0.2) is 14.6 Å². The Morgan fingerprint density at radius 1 is 1.68 bits per heavy atom. The number of aromatic nitrogens is 1. The lowest BCUT2D eigenvalue weighted by atomic mass is 10.0. The van der Waals surface area contributed by atoms with Crippen LogP contribution in [0, 0.1) is 17.9 Å². The van der Waals surface area contributed by atoms with Crippen molar-refractivity contribution in [3.63, 3.8) is 0 Å².